The maximum Gasteiger partial charge on any atom is 0.326 e. The second-order valence-corrected chi connectivity index (χ2v) is 8.15. The molecule has 0 aliphatic carbocycles. The van der Waals surface area contributed by atoms with E-state index in [0.717, 1.165) is 10.5 Å². The maximum atomic E-state index is 13.1. The molecule has 1 aromatic carbocycles. The van der Waals surface area contributed by atoms with Crippen LogP contribution in [0.2, 0.25) is 0 Å². The normalized spacial score (nSPS) is 13.2. The number of carboxylic acid groups (broad SMARTS) is 2. The molecule has 0 bridgehead atoms. The Kier molecular flexibility index (Phi) is 13.0. The topological polar surface area (TPSA) is 205 Å². The highest BCUT2D eigenvalue weighted by molar-refractivity contribution is 5.92. The fraction of sp³-hybridized carbons (Fsp3) is 0.522. The fourth-order valence-electron chi connectivity index (χ4n) is 3.26. The van der Waals surface area contributed by atoms with Crippen LogP contribution in [0.25, 0.3) is 0 Å². The van der Waals surface area contributed by atoms with Crippen LogP contribution in [0.1, 0.15) is 37.7 Å². The summed E-state index contributed by atoms with van der Waals surface area (Å²) >= 11 is 0. The van der Waals surface area contributed by atoms with Gasteiger partial charge in [0, 0.05) is 19.9 Å². The van der Waals surface area contributed by atoms with Gasteiger partial charge in [0.25, 0.3) is 0 Å². The van der Waals surface area contributed by atoms with Gasteiger partial charge in [-0.15, -0.1) is 0 Å². The molecule has 1 aromatic rings. The molecule has 12 heteroatoms. The Bertz CT molecular complexity index is 865. The van der Waals surface area contributed by atoms with Gasteiger partial charge in [-0.1, -0.05) is 30.3 Å². The molecule has 1 rings (SSSR count). The van der Waals surface area contributed by atoms with Crippen molar-refractivity contribution in [2.24, 2.45) is 11.5 Å². The van der Waals surface area contributed by atoms with Crippen LogP contribution in [-0.4, -0.2) is 83.0 Å². The number of likely N-dealkylation sites (N-methyl/N-ethyl adjacent to an activating group) is 1. The Hall–Kier alpha value is -3.51. The molecule has 0 heterocycles. The molecule has 0 aliphatic rings. The highest BCUT2D eigenvalue weighted by atomic mass is 16.4. The average molecular weight is 494 g/mol. The first-order valence-electron chi connectivity index (χ1n) is 11.3. The van der Waals surface area contributed by atoms with Gasteiger partial charge in [-0.05, 0) is 37.8 Å². The van der Waals surface area contributed by atoms with Crippen molar-refractivity contribution in [1.82, 2.24) is 15.5 Å². The van der Waals surface area contributed by atoms with Gasteiger partial charge in [0.05, 0.1) is 12.6 Å². The standard InChI is InChI=1S/C23H35N5O7/c1-28(19(29)14-26-21(32)16(25)10-11-20(30)31)18(13-15-7-3-2-4-8-15)22(33)27-17(23(34)35)9-5-6-12-24/h2-4,7-8,16-18H,5-6,9-14,24-25H2,1H3,(H,26,32)(H,27,33)(H,30,31)(H,34,35)/t16-,17+,18+/m1/s1. The van der Waals surface area contributed by atoms with Crippen molar-refractivity contribution >= 4 is 29.7 Å². The van der Waals surface area contributed by atoms with Crippen molar-refractivity contribution in [2.75, 3.05) is 20.1 Å². The fourth-order valence-corrected chi connectivity index (χ4v) is 3.26. The van der Waals surface area contributed by atoms with Crippen molar-refractivity contribution in [1.29, 1.82) is 0 Å². The molecule has 0 saturated carbocycles. The number of nitrogens with one attached hydrogen (secondary N) is 2. The van der Waals surface area contributed by atoms with Gasteiger partial charge in [0.2, 0.25) is 17.7 Å². The minimum atomic E-state index is -1.19. The van der Waals surface area contributed by atoms with Gasteiger partial charge in [-0.2, -0.15) is 0 Å². The first-order chi connectivity index (χ1) is 16.6. The largest absolute Gasteiger partial charge is 0.481 e. The van der Waals surface area contributed by atoms with Crippen molar-refractivity contribution in [3.8, 4) is 0 Å². The number of nitrogens with zero attached hydrogens (tertiary/aromatic N) is 1. The van der Waals surface area contributed by atoms with Crippen LogP contribution in [0.5, 0.6) is 0 Å². The molecule has 8 N–H and O–H groups in total. The van der Waals surface area contributed by atoms with Gasteiger partial charge in [-0.25, -0.2) is 4.79 Å². The van der Waals surface area contributed by atoms with Gasteiger partial charge in [0.1, 0.15) is 12.1 Å². The minimum absolute atomic E-state index is 0.0923. The van der Waals surface area contributed by atoms with E-state index in [1.807, 2.05) is 0 Å². The lowest BCUT2D eigenvalue weighted by atomic mass is 10.0. The Balaban J connectivity index is 2.90. The Labute approximate surface area is 204 Å². The molecule has 0 aliphatic heterocycles. The molecule has 3 atom stereocenters. The number of rotatable bonds is 16. The van der Waals surface area contributed by atoms with Crippen LogP contribution >= 0.6 is 0 Å². The van der Waals surface area contributed by atoms with Gasteiger partial charge in [0.15, 0.2) is 0 Å². The van der Waals surface area contributed by atoms with Crippen LogP contribution in [0.3, 0.4) is 0 Å². The predicted octanol–water partition coefficient (Wildman–Crippen LogP) is -0.937. The Morgan fingerprint density at radius 1 is 1.00 bits per heavy atom. The lowest BCUT2D eigenvalue weighted by molar-refractivity contribution is -0.144. The zero-order valence-corrected chi connectivity index (χ0v) is 19.8. The second-order valence-electron chi connectivity index (χ2n) is 8.15. The number of hydrogen-bond acceptors (Lipinski definition) is 7. The summed E-state index contributed by atoms with van der Waals surface area (Å²) in [4.78, 5) is 61.3. The molecule has 0 saturated heterocycles. The molecule has 0 unspecified atom stereocenters. The maximum absolute atomic E-state index is 13.1. The van der Waals surface area contributed by atoms with E-state index in [9.17, 15) is 29.1 Å². The van der Waals surface area contributed by atoms with Crippen molar-refractivity contribution in [3.63, 3.8) is 0 Å². The summed E-state index contributed by atoms with van der Waals surface area (Å²) < 4.78 is 0. The van der Waals surface area contributed by atoms with Crippen LogP contribution in [-0.2, 0) is 30.4 Å². The number of benzene rings is 1. The van der Waals surface area contributed by atoms with Crippen molar-refractivity contribution < 1.29 is 34.2 Å². The summed E-state index contributed by atoms with van der Waals surface area (Å²) in [7, 11) is 1.39. The molecule has 35 heavy (non-hydrogen) atoms. The molecule has 0 aromatic heterocycles. The zero-order valence-electron chi connectivity index (χ0n) is 19.8. The number of hydrogen-bond donors (Lipinski definition) is 6. The predicted molar refractivity (Wildman–Crippen MR) is 127 cm³/mol. The first-order valence-corrected chi connectivity index (χ1v) is 11.3. The monoisotopic (exact) mass is 493 g/mol. The van der Waals surface area contributed by atoms with E-state index in [0.29, 0.717) is 19.4 Å². The highest BCUT2D eigenvalue weighted by Gasteiger charge is 2.30. The summed E-state index contributed by atoms with van der Waals surface area (Å²) in [5.41, 5.74) is 11.9. The first kappa shape index (κ1) is 29.5. The highest BCUT2D eigenvalue weighted by Crippen LogP contribution is 2.10. The molecule has 0 spiro atoms. The Morgan fingerprint density at radius 3 is 2.23 bits per heavy atom. The molecule has 3 amide bonds. The van der Waals surface area contributed by atoms with E-state index < -0.39 is 54.3 Å². The van der Waals surface area contributed by atoms with Gasteiger partial charge >= 0.3 is 11.9 Å². The van der Waals surface area contributed by atoms with Crippen LogP contribution in [0.15, 0.2) is 30.3 Å². The third-order valence-electron chi connectivity index (χ3n) is 5.42. The van der Waals surface area contributed by atoms with Crippen molar-refractivity contribution in [3.05, 3.63) is 35.9 Å². The number of carbonyl (C=O) groups excluding carboxylic acids is 3. The minimum Gasteiger partial charge on any atom is -0.481 e. The second kappa shape index (κ2) is 15.4. The third-order valence-corrected chi connectivity index (χ3v) is 5.42. The van der Waals surface area contributed by atoms with Crippen molar-refractivity contribution in [2.45, 2.75) is 56.7 Å². The summed E-state index contributed by atoms with van der Waals surface area (Å²) in [6.07, 6.45) is 1.05. The summed E-state index contributed by atoms with van der Waals surface area (Å²) in [5, 5.41) is 23.0. The molecule has 12 nitrogen and oxygen atoms in total. The lowest BCUT2D eigenvalue weighted by Crippen LogP contribution is -2.55. The molecule has 0 radical (unpaired) electrons. The molecular formula is C23H35N5O7. The van der Waals surface area contributed by atoms with Crippen LogP contribution in [0.4, 0.5) is 0 Å². The number of carbonyl (C=O) groups is 5. The summed E-state index contributed by atoms with van der Waals surface area (Å²) in [6, 6.07) is 5.62. The quantitative estimate of drug-likeness (QED) is 0.157. The van der Waals surface area contributed by atoms with Crippen LogP contribution in [0, 0.1) is 0 Å². The third kappa shape index (κ3) is 11.0. The van der Waals surface area contributed by atoms with Gasteiger partial charge in [-0.3, -0.25) is 19.2 Å². The number of amides is 3. The molecular weight excluding hydrogens is 458 g/mol. The van der Waals surface area contributed by atoms with E-state index >= 15 is 0 Å². The number of carboxylic acids is 2. The Morgan fingerprint density at radius 2 is 1.66 bits per heavy atom. The number of aliphatic carboxylic acids is 2. The molecule has 0 fully saturated rings. The van der Waals surface area contributed by atoms with E-state index in [1.165, 1.54) is 7.05 Å². The van der Waals surface area contributed by atoms with E-state index in [2.05, 4.69) is 10.6 Å². The lowest BCUT2D eigenvalue weighted by Gasteiger charge is -2.29. The summed E-state index contributed by atoms with van der Waals surface area (Å²) in [6.45, 7) is -0.0621. The summed E-state index contributed by atoms with van der Waals surface area (Å²) in [5.74, 6) is -4.22. The smallest absolute Gasteiger partial charge is 0.326 e. The molecule has 194 valence electrons. The average Bonchev–Trinajstić information content (AvgIpc) is 2.83. The van der Waals surface area contributed by atoms with E-state index in [1.54, 1.807) is 30.3 Å². The van der Waals surface area contributed by atoms with Gasteiger partial charge < -0.3 is 37.2 Å². The van der Waals surface area contributed by atoms with E-state index in [4.69, 9.17) is 16.6 Å². The SMILES string of the molecule is CN(C(=O)CNC(=O)[C@H](N)CCC(=O)O)[C@@H](Cc1ccccc1)C(=O)N[C@@H](CCCCN)C(=O)O. The van der Waals surface area contributed by atoms with Crippen LogP contribution < -0.4 is 22.1 Å². The number of nitrogens with two attached hydrogens (primary N) is 2. The van der Waals surface area contributed by atoms with E-state index in [-0.39, 0.29) is 25.7 Å². The zero-order chi connectivity index (χ0) is 26.4. The number of unbranched alkanes of at least 4 members (excludes halogenated alkanes) is 1.